The summed E-state index contributed by atoms with van der Waals surface area (Å²) in [5, 5.41) is 2.93. The number of amides is 2. The van der Waals surface area contributed by atoms with Crippen molar-refractivity contribution in [1.29, 1.82) is 0 Å². The molecule has 0 radical (unpaired) electrons. The van der Waals surface area contributed by atoms with Crippen molar-refractivity contribution in [1.82, 2.24) is 15.1 Å². The highest BCUT2D eigenvalue weighted by Gasteiger charge is 2.31. The van der Waals surface area contributed by atoms with E-state index in [-0.39, 0.29) is 23.8 Å². The van der Waals surface area contributed by atoms with E-state index in [1.807, 2.05) is 38.1 Å². The van der Waals surface area contributed by atoms with Crippen molar-refractivity contribution >= 4 is 11.8 Å². The summed E-state index contributed by atoms with van der Waals surface area (Å²) in [6.45, 7) is 6.31. The maximum atomic E-state index is 12.4. The fraction of sp³-hybridized carbons (Fsp3) is 0.600. The Kier molecular flexibility index (Phi) is 7.45. The predicted octanol–water partition coefficient (Wildman–Crippen LogP) is 1.68. The number of ether oxygens (including phenoxy) is 1. The molecule has 1 saturated heterocycles. The first kappa shape index (κ1) is 20.2. The van der Waals surface area contributed by atoms with Crippen molar-refractivity contribution < 1.29 is 14.3 Å². The molecule has 1 aromatic carbocycles. The van der Waals surface area contributed by atoms with Crippen LogP contribution in [0.5, 0.6) is 5.75 Å². The fourth-order valence-electron chi connectivity index (χ4n) is 3.29. The molecule has 1 aliphatic heterocycles. The first-order valence-electron chi connectivity index (χ1n) is 9.31. The molecule has 0 saturated carbocycles. The first-order valence-corrected chi connectivity index (χ1v) is 9.31. The van der Waals surface area contributed by atoms with E-state index < -0.39 is 0 Å². The lowest BCUT2D eigenvalue weighted by Crippen LogP contribution is -2.51. The van der Waals surface area contributed by atoms with E-state index >= 15 is 0 Å². The number of nitrogens with zero attached hydrogens (tertiary/aromatic N) is 2. The number of carbonyl (C=O) groups is 2. The topological polar surface area (TPSA) is 61.9 Å². The average Bonchev–Trinajstić information content (AvgIpc) is 2.64. The van der Waals surface area contributed by atoms with E-state index in [9.17, 15) is 9.59 Å². The molecule has 2 unspecified atom stereocenters. The molecule has 6 nitrogen and oxygen atoms in total. The minimum absolute atomic E-state index is 0.0151. The van der Waals surface area contributed by atoms with Crippen LogP contribution in [0.2, 0.25) is 0 Å². The summed E-state index contributed by atoms with van der Waals surface area (Å²) < 4.78 is 5.66. The average molecular weight is 361 g/mol. The summed E-state index contributed by atoms with van der Waals surface area (Å²) in [5.41, 5.74) is 1.15. The standard InChI is InChI=1S/C20H31N3O3/c1-15-7-5-9-18(13-15)26-12-10-21-19(24)16(2)23-11-6-8-17(14-23)20(25)22(3)4/h5,7,9,13,16-17H,6,8,10-12,14H2,1-4H3,(H,21,24). The van der Waals surface area contributed by atoms with Gasteiger partial charge in [0, 0.05) is 20.6 Å². The molecule has 1 N–H and O–H groups in total. The van der Waals surface area contributed by atoms with Crippen LogP contribution in [0.1, 0.15) is 25.3 Å². The zero-order chi connectivity index (χ0) is 19.1. The van der Waals surface area contributed by atoms with Crippen molar-refractivity contribution in [2.24, 2.45) is 5.92 Å². The number of rotatable bonds is 7. The summed E-state index contributed by atoms with van der Waals surface area (Å²) in [7, 11) is 3.57. The number of hydrogen-bond acceptors (Lipinski definition) is 4. The zero-order valence-electron chi connectivity index (χ0n) is 16.3. The second-order valence-electron chi connectivity index (χ2n) is 7.20. The Labute approximate surface area is 156 Å². The van der Waals surface area contributed by atoms with Crippen LogP contribution in [0.15, 0.2) is 24.3 Å². The number of hydrogen-bond donors (Lipinski definition) is 1. The molecule has 0 spiro atoms. The largest absolute Gasteiger partial charge is 0.492 e. The van der Waals surface area contributed by atoms with Crippen LogP contribution in [0, 0.1) is 12.8 Å². The summed E-state index contributed by atoms with van der Waals surface area (Å²) in [6.07, 6.45) is 1.84. The molecule has 26 heavy (non-hydrogen) atoms. The fourth-order valence-corrected chi connectivity index (χ4v) is 3.29. The van der Waals surface area contributed by atoms with Gasteiger partial charge in [-0.15, -0.1) is 0 Å². The van der Waals surface area contributed by atoms with Gasteiger partial charge in [0.25, 0.3) is 0 Å². The number of benzene rings is 1. The van der Waals surface area contributed by atoms with Crippen molar-refractivity contribution in [2.45, 2.75) is 32.7 Å². The molecule has 0 aliphatic carbocycles. The molecule has 144 valence electrons. The lowest BCUT2D eigenvalue weighted by molar-refractivity contribution is -0.137. The summed E-state index contributed by atoms with van der Waals surface area (Å²) in [6, 6.07) is 7.61. The normalized spacial score (nSPS) is 18.8. The lowest BCUT2D eigenvalue weighted by Gasteiger charge is -2.36. The third-order valence-corrected chi connectivity index (χ3v) is 4.83. The van der Waals surface area contributed by atoms with Crippen LogP contribution < -0.4 is 10.1 Å². The van der Waals surface area contributed by atoms with Gasteiger partial charge in [-0.25, -0.2) is 0 Å². The molecule has 1 aromatic rings. The van der Waals surface area contributed by atoms with E-state index in [1.165, 1.54) is 0 Å². The van der Waals surface area contributed by atoms with Gasteiger partial charge in [0.05, 0.1) is 18.5 Å². The third-order valence-electron chi connectivity index (χ3n) is 4.83. The van der Waals surface area contributed by atoms with Gasteiger partial charge in [0.2, 0.25) is 11.8 Å². The van der Waals surface area contributed by atoms with E-state index in [0.29, 0.717) is 19.7 Å². The van der Waals surface area contributed by atoms with Crippen molar-refractivity contribution in [3.05, 3.63) is 29.8 Å². The Bertz CT molecular complexity index is 618. The van der Waals surface area contributed by atoms with Crippen LogP contribution in [-0.2, 0) is 9.59 Å². The second kappa shape index (κ2) is 9.57. The van der Waals surface area contributed by atoms with Crippen molar-refractivity contribution in [3.63, 3.8) is 0 Å². The van der Waals surface area contributed by atoms with Gasteiger partial charge >= 0.3 is 0 Å². The molecule has 1 heterocycles. The minimum atomic E-state index is -0.244. The molecule has 2 amide bonds. The molecule has 0 aromatic heterocycles. The van der Waals surface area contributed by atoms with Crippen molar-refractivity contribution in [2.75, 3.05) is 40.3 Å². The first-order chi connectivity index (χ1) is 12.4. The zero-order valence-corrected chi connectivity index (χ0v) is 16.3. The molecule has 1 aliphatic rings. The Morgan fingerprint density at radius 1 is 1.38 bits per heavy atom. The Balaban J connectivity index is 1.75. The van der Waals surface area contributed by atoms with Crippen LogP contribution in [0.4, 0.5) is 0 Å². The highest BCUT2D eigenvalue weighted by atomic mass is 16.5. The monoisotopic (exact) mass is 361 g/mol. The smallest absolute Gasteiger partial charge is 0.237 e. The number of nitrogens with one attached hydrogen (secondary N) is 1. The summed E-state index contributed by atoms with van der Waals surface area (Å²) >= 11 is 0. The van der Waals surface area contributed by atoms with Gasteiger partial charge in [-0.1, -0.05) is 12.1 Å². The molecular formula is C20H31N3O3. The maximum Gasteiger partial charge on any atom is 0.237 e. The molecule has 2 atom stereocenters. The Morgan fingerprint density at radius 2 is 2.15 bits per heavy atom. The van der Waals surface area contributed by atoms with Gasteiger partial charge in [-0.05, 0) is 50.9 Å². The summed E-state index contributed by atoms with van der Waals surface area (Å²) in [4.78, 5) is 28.3. The molecule has 6 heteroatoms. The number of aryl methyl sites for hydroxylation is 1. The third kappa shape index (κ3) is 5.73. The van der Waals surface area contributed by atoms with Crippen LogP contribution in [-0.4, -0.2) is 68.0 Å². The predicted molar refractivity (Wildman–Crippen MR) is 102 cm³/mol. The minimum Gasteiger partial charge on any atom is -0.492 e. The van der Waals surface area contributed by atoms with Crippen LogP contribution in [0.3, 0.4) is 0 Å². The van der Waals surface area contributed by atoms with Gasteiger partial charge in [0.15, 0.2) is 0 Å². The van der Waals surface area contributed by atoms with Gasteiger partial charge in [-0.3, -0.25) is 14.5 Å². The number of likely N-dealkylation sites (tertiary alicyclic amines) is 1. The summed E-state index contributed by atoms with van der Waals surface area (Å²) in [5.74, 6) is 0.927. The van der Waals surface area contributed by atoms with E-state index in [2.05, 4.69) is 10.2 Å². The lowest BCUT2D eigenvalue weighted by atomic mass is 9.95. The van der Waals surface area contributed by atoms with Gasteiger partial charge in [-0.2, -0.15) is 0 Å². The molecule has 0 bridgehead atoms. The quantitative estimate of drug-likeness (QED) is 0.751. The van der Waals surface area contributed by atoms with Crippen LogP contribution >= 0.6 is 0 Å². The second-order valence-corrected chi connectivity index (χ2v) is 7.20. The Morgan fingerprint density at radius 3 is 2.85 bits per heavy atom. The molecule has 2 rings (SSSR count). The SMILES string of the molecule is Cc1cccc(OCCNC(=O)C(C)N2CCCC(C(=O)N(C)C)C2)c1. The van der Waals surface area contributed by atoms with Crippen molar-refractivity contribution in [3.8, 4) is 5.75 Å². The van der Waals surface area contributed by atoms with Gasteiger partial charge < -0.3 is 15.0 Å². The van der Waals surface area contributed by atoms with Crippen LogP contribution in [0.25, 0.3) is 0 Å². The number of piperidine rings is 1. The Hall–Kier alpha value is -2.08. The van der Waals surface area contributed by atoms with E-state index in [4.69, 9.17) is 4.74 Å². The highest BCUT2D eigenvalue weighted by molar-refractivity contribution is 5.82. The highest BCUT2D eigenvalue weighted by Crippen LogP contribution is 2.20. The molecule has 1 fully saturated rings. The van der Waals surface area contributed by atoms with E-state index in [1.54, 1.807) is 19.0 Å². The molecular weight excluding hydrogens is 330 g/mol. The van der Waals surface area contributed by atoms with Gasteiger partial charge in [0.1, 0.15) is 12.4 Å². The number of carbonyl (C=O) groups excluding carboxylic acids is 2. The van der Waals surface area contributed by atoms with E-state index in [0.717, 1.165) is 30.7 Å². The maximum absolute atomic E-state index is 12.4.